The van der Waals surface area contributed by atoms with E-state index in [1.807, 2.05) is 11.9 Å². The summed E-state index contributed by atoms with van der Waals surface area (Å²) >= 11 is 0. The summed E-state index contributed by atoms with van der Waals surface area (Å²) in [6.45, 7) is 4.12. The summed E-state index contributed by atoms with van der Waals surface area (Å²) < 4.78 is 81.7. The van der Waals surface area contributed by atoms with Crippen molar-refractivity contribution < 1.29 is 26.3 Å². The molecule has 156 valence electrons. The molecule has 0 saturated carbocycles. The molecule has 3 heterocycles. The van der Waals surface area contributed by atoms with Crippen LogP contribution >= 0.6 is 0 Å². The van der Waals surface area contributed by atoms with Gasteiger partial charge in [-0.05, 0) is 26.1 Å². The normalized spacial score (nSPS) is 16.9. The lowest BCUT2D eigenvalue weighted by molar-refractivity contribution is -0.289. The fourth-order valence-corrected chi connectivity index (χ4v) is 3.32. The Labute approximate surface area is 160 Å². The van der Waals surface area contributed by atoms with E-state index in [1.165, 1.54) is 6.92 Å². The molecule has 1 fully saturated rings. The van der Waals surface area contributed by atoms with Crippen LogP contribution in [0.25, 0.3) is 16.7 Å². The van der Waals surface area contributed by atoms with E-state index in [9.17, 15) is 26.3 Å². The lowest BCUT2D eigenvalue weighted by atomic mass is 10.1. The van der Waals surface area contributed by atoms with E-state index in [0.717, 1.165) is 17.6 Å². The second-order valence-corrected chi connectivity index (χ2v) is 7.02. The van der Waals surface area contributed by atoms with Crippen LogP contribution in [0.4, 0.5) is 32.2 Å². The standard InChI is InChI=1S/C17H16F6N6/c1-9-24-15-14(28-5-3-27(2)4-6-28)25-13-11(18)7-10(8-12(13)29(15)26-9)16(19,20)17(21,22)23/h7-8H,3-6H2,1-2H3. The minimum atomic E-state index is -5.86. The maximum Gasteiger partial charge on any atom is 0.458 e. The topological polar surface area (TPSA) is 49.6 Å². The Bertz CT molecular complexity index is 1080. The molecule has 29 heavy (non-hydrogen) atoms. The van der Waals surface area contributed by atoms with Crippen LogP contribution < -0.4 is 4.90 Å². The molecule has 4 rings (SSSR count). The zero-order chi connectivity index (χ0) is 21.1. The number of likely N-dealkylation sites (N-methyl/N-ethyl adjacent to an activating group) is 1. The monoisotopic (exact) mass is 418 g/mol. The summed E-state index contributed by atoms with van der Waals surface area (Å²) in [5.41, 5.74) is -2.00. The number of aryl methyl sites for hydroxylation is 1. The largest absolute Gasteiger partial charge is 0.458 e. The van der Waals surface area contributed by atoms with Crippen molar-refractivity contribution in [2.75, 3.05) is 38.1 Å². The Morgan fingerprint density at radius 1 is 0.966 bits per heavy atom. The van der Waals surface area contributed by atoms with Crippen molar-refractivity contribution in [2.45, 2.75) is 19.0 Å². The van der Waals surface area contributed by atoms with Crippen LogP contribution in [0.2, 0.25) is 0 Å². The third-order valence-corrected chi connectivity index (χ3v) is 4.92. The summed E-state index contributed by atoms with van der Waals surface area (Å²) in [4.78, 5) is 12.4. The van der Waals surface area contributed by atoms with Gasteiger partial charge in [-0.25, -0.2) is 18.9 Å². The van der Waals surface area contributed by atoms with Crippen molar-refractivity contribution in [3.63, 3.8) is 0 Å². The van der Waals surface area contributed by atoms with Crippen LogP contribution in [0.3, 0.4) is 0 Å². The van der Waals surface area contributed by atoms with Crippen molar-refractivity contribution >= 4 is 22.5 Å². The predicted molar refractivity (Wildman–Crippen MR) is 92.6 cm³/mol. The Hall–Kier alpha value is -2.63. The van der Waals surface area contributed by atoms with Crippen LogP contribution in [0.1, 0.15) is 11.4 Å². The summed E-state index contributed by atoms with van der Waals surface area (Å²) in [6.07, 6.45) is -5.86. The van der Waals surface area contributed by atoms with Crippen LogP contribution in [0.15, 0.2) is 12.1 Å². The van der Waals surface area contributed by atoms with Crippen molar-refractivity contribution in [3.05, 3.63) is 29.3 Å². The molecule has 0 N–H and O–H groups in total. The molecule has 6 nitrogen and oxygen atoms in total. The number of hydrogen-bond donors (Lipinski definition) is 0. The van der Waals surface area contributed by atoms with Crippen LogP contribution in [0, 0.1) is 12.7 Å². The molecule has 1 aliphatic heterocycles. The number of piperazine rings is 1. The molecule has 1 aliphatic rings. The fraction of sp³-hybridized carbons (Fsp3) is 0.471. The molecular weight excluding hydrogens is 402 g/mol. The van der Waals surface area contributed by atoms with Gasteiger partial charge >= 0.3 is 12.1 Å². The quantitative estimate of drug-likeness (QED) is 0.599. The Kier molecular flexibility index (Phi) is 4.37. The summed E-state index contributed by atoms with van der Waals surface area (Å²) in [7, 11) is 1.95. The molecular formula is C17H16F6N6. The first-order valence-electron chi connectivity index (χ1n) is 8.74. The van der Waals surface area contributed by atoms with Crippen molar-refractivity contribution in [3.8, 4) is 0 Å². The second kappa shape index (κ2) is 6.44. The molecule has 0 aliphatic carbocycles. The zero-order valence-electron chi connectivity index (χ0n) is 15.4. The van der Waals surface area contributed by atoms with Crippen molar-refractivity contribution in [1.82, 2.24) is 24.5 Å². The molecule has 1 aromatic carbocycles. The highest BCUT2D eigenvalue weighted by Crippen LogP contribution is 2.45. The lowest BCUT2D eigenvalue weighted by Gasteiger charge is -2.33. The van der Waals surface area contributed by atoms with Crippen LogP contribution in [-0.4, -0.2) is 63.9 Å². The van der Waals surface area contributed by atoms with Crippen LogP contribution in [-0.2, 0) is 5.92 Å². The summed E-state index contributed by atoms with van der Waals surface area (Å²) in [6, 6.07) is 0.736. The number of nitrogens with zero attached hydrogens (tertiary/aromatic N) is 6. The van der Waals surface area contributed by atoms with Gasteiger partial charge in [-0.3, -0.25) is 0 Å². The molecule has 2 aromatic heterocycles. The Balaban J connectivity index is 1.96. The van der Waals surface area contributed by atoms with E-state index in [0.29, 0.717) is 25.0 Å². The highest BCUT2D eigenvalue weighted by atomic mass is 19.4. The Morgan fingerprint density at radius 2 is 1.62 bits per heavy atom. The maximum absolute atomic E-state index is 14.7. The Morgan fingerprint density at radius 3 is 2.24 bits per heavy atom. The molecule has 0 atom stereocenters. The van der Waals surface area contributed by atoms with Crippen molar-refractivity contribution in [1.29, 1.82) is 0 Å². The minimum absolute atomic E-state index is 0.173. The van der Waals surface area contributed by atoms with Gasteiger partial charge in [0, 0.05) is 31.7 Å². The smallest absolute Gasteiger partial charge is 0.351 e. The van der Waals surface area contributed by atoms with Gasteiger partial charge < -0.3 is 9.80 Å². The third-order valence-electron chi connectivity index (χ3n) is 4.92. The molecule has 1 saturated heterocycles. The maximum atomic E-state index is 14.7. The average Bonchev–Trinajstić information content (AvgIpc) is 3.02. The van der Waals surface area contributed by atoms with Gasteiger partial charge in [0.1, 0.15) is 11.3 Å². The average molecular weight is 418 g/mol. The molecule has 12 heteroatoms. The van der Waals surface area contributed by atoms with E-state index >= 15 is 0 Å². The van der Waals surface area contributed by atoms with Gasteiger partial charge in [-0.2, -0.15) is 27.1 Å². The van der Waals surface area contributed by atoms with Crippen molar-refractivity contribution in [2.24, 2.45) is 0 Å². The van der Waals surface area contributed by atoms with Gasteiger partial charge in [0.05, 0.1) is 5.52 Å². The third kappa shape index (κ3) is 3.15. The molecule has 0 unspecified atom stereocenters. The molecule has 0 bridgehead atoms. The first-order chi connectivity index (χ1) is 13.5. The predicted octanol–water partition coefficient (Wildman–Crippen LogP) is 3.13. The number of hydrogen-bond acceptors (Lipinski definition) is 5. The molecule has 0 spiro atoms. The van der Waals surface area contributed by atoms with Gasteiger partial charge in [0.2, 0.25) is 0 Å². The second-order valence-electron chi connectivity index (χ2n) is 7.02. The number of halogens is 6. The molecule has 3 aromatic rings. The van der Waals surface area contributed by atoms with Gasteiger partial charge in [0.15, 0.2) is 17.3 Å². The lowest BCUT2D eigenvalue weighted by Crippen LogP contribution is -2.45. The van der Waals surface area contributed by atoms with E-state index in [2.05, 4.69) is 20.0 Å². The number of fused-ring (bicyclic) bond motifs is 3. The van der Waals surface area contributed by atoms with E-state index in [4.69, 9.17) is 0 Å². The highest BCUT2D eigenvalue weighted by molar-refractivity contribution is 5.84. The first kappa shape index (κ1) is 19.7. The summed E-state index contributed by atoms with van der Waals surface area (Å²) in [5.74, 6) is -5.95. The fourth-order valence-electron chi connectivity index (χ4n) is 3.32. The highest BCUT2D eigenvalue weighted by Gasteiger charge is 2.59. The van der Waals surface area contributed by atoms with E-state index in [1.54, 1.807) is 0 Å². The van der Waals surface area contributed by atoms with Crippen LogP contribution in [0.5, 0.6) is 0 Å². The summed E-state index contributed by atoms with van der Waals surface area (Å²) in [5, 5.41) is 4.07. The number of anilines is 1. The van der Waals surface area contributed by atoms with E-state index < -0.39 is 23.5 Å². The number of rotatable bonds is 2. The number of alkyl halides is 5. The first-order valence-corrected chi connectivity index (χ1v) is 8.74. The number of benzene rings is 1. The minimum Gasteiger partial charge on any atom is -0.351 e. The van der Waals surface area contributed by atoms with Gasteiger partial charge in [0.25, 0.3) is 0 Å². The number of aromatic nitrogens is 4. The van der Waals surface area contributed by atoms with Gasteiger partial charge in [-0.15, -0.1) is 0 Å². The zero-order valence-corrected chi connectivity index (χ0v) is 15.4. The molecule has 0 amide bonds. The SMILES string of the molecule is Cc1nc2c(N3CCN(C)CC3)nc3c(F)cc(C(F)(F)C(F)(F)F)cc3n2n1. The molecule has 0 radical (unpaired) electrons. The van der Waals surface area contributed by atoms with Gasteiger partial charge in [-0.1, -0.05) is 0 Å². The van der Waals surface area contributed by atoms with E-state index in [-0.39, 0.29) is 28.6 Å².